The number of anilines is 1. The summed E-state index contributed by atoms with van der Waals surface area (Å²) >= 11 is 0. The van der Waals surface area contributed by atoms with Gasteiger partial charge < -0.3 is 24.8 Å². The van der Waals surface area contributed by atoms with Crippen LogP contribution in [0.25, 0.3) is 0 Å². The highest BCUT2D eigenvalue weighted by Crippen LogP contribution is 2.34. The molecular formula is C19H20F3N5O5S. The van der Waals surface area contributed by atoms with Crippen LogP contribution in [0.15, 0.2) is 23.2 Å². The first kappa shape index (κ1) is 22.9. The van der Waals surface area contributed by atoms with Crippen molar-refractivity contribution in [2.45, 2.75) is 10.9 Å². The molecule has 3 heterocycles. The third-order valence-electron chi connectivity index (χ3n) is 5.54. The first-order valence-corrected chi connectivity index (χ1v) is 11.3. The van der Waals surface area contributed by atoms with Gasteiger partial charge in [0, 0.05) is 63.2 Å². The fourth-order valence-corrected chi connectivity index (χ4v) is 5.43. The fraction of sp³-hybridized carbons (Fsp3) is 0.368. The van der Waals surface area contributed by atoms with Gasteiger partial charge in [-0.3, -0.25) is 4.79 Å². The maximum atomic E-state index is 13.5. The maximum absolute atomic E-state index is 13.5. The van der Waals surface area contributed by atoms with E-state index in [-0.39, 0.29) is 53.7 Å². The van der Waals surface area contributed by atoms with E-state index >= 15 is 0 Å². The SMILES string of the molecule is CNC(=O)N1C[C@@H]2COc3c(cn(C)c3C(=O)Nc3cc(F)c(F)c(F)c3)S(=O)(=O)N[C@@H]2C1. The topological polar surface area (TPSA) is 122 Å². The van der Waals surface area contributed by atoms with Crippen molar-refractivity contribution in [2.24, 2.45) is 13.0 Å². The highest BCUT2D eigenvalue weighted by molar-refractivity contribution is 7.89. The Balaban J connectivity index is 1.66. The summed E-state index contributed by atoms with van der Waals surface area (Å²) in [6.45, 7) is 0.368. The zero-order valence-corrected chi connectivity index (χ0v) is 18.3. The molecule has 2 aliphatic heterocycles. The van der Waals surface area contributed by atoms with Crippen molar-refractivity contribution < 1.29 is 35.9 Å². The molecule has 14 heteroatoms. The minimum Gasteiger partial charge on any atom is -0.489 e. The van der Waals surface area contributed by atoms with Crippen LogP contribution >= 0.6 is 0 Å². The molecule has 0 spiro atoms. The molecule has 1 fully saturated rings. The van der Waals surface area contributed by atoms with Crippen LogP contribution < -0.4 is 20.1 Å². The number of amides is 3. The van der Waals surface area contributed by atoms with Crippen LogP contribution in [0, 0.1) is 23.4 Å². The lowest BCUT2D eigenvalue weighted by Crippen LogP contribution is -2.44. The normalized spacial score (nSPS) is 21.3. The van der Waals surface area contributed by atoms with Gasteiger partial charge in [-0.1, -0.05) is 0 Å². The first-order valence-electron chi connectivity index (χ1n) is 9.78. The van der Waals surface area contributed by atoms with Crippen LogP contribution in [0.1, 0.15) is 10.5 Å². The number of fused-ring (bicyclic) bond motifs is 2. The highest BCUT2D eigenvalue weighted by Gasteiger charge is 2.42. The molecule has 0 unspecified atom stereocenters. The van der Waals surface area contributed by atoms with Crippen LogP contribution in [0.4, 0.5) is 23.7 Å². The summed E-state index contributed by atoms with van der Waals surface area (Å²) in [5.41, 5.74) is -0.588. The van der Waals surface area contributed by atoms with Gasteiger partial charge in [0.15, 0.2) is 28.9 Å². The van der Waals surface area contributed by atoms with Crippen LogP contribution in [-0.2, 0) is 17.1 Å². The number of nitrogens with zero attached hydrogens (tertiary/aromatic N) is 2. The average Bonchev–Trinajstić information content (AvgIpc) is 3.29. The van der Waals surface area contributed by atoms with Gasteiger partial charge in [0.25, 0.3) is 5.91 Å². The quantitative estimate of drug-likeness (QED) is 0.546. The number of aromatic nitrogens is 1. The van der Waals surface area contributed by atoms with Crippen LogP contribution in [0.3, 0.4) is 0 Å². The lowest BCUT2D eigenvalue weighted by atomic mass is 10.1. The predicted octanol–water partition coefficient (Wildman–Crippen LogP) is 1.01. The van der Waals surface area contributed by atoms with Crippen molar-refractivity contribution in [1.82, 2.24) is 19.5 Å². The van der Waals surface area contributed by atoms with Gasteiger partial charge in [0.2, 0.25) is 10.0 Å². The van der Waals surface area contributed by atoms with E-state index in [4.69, 9.17) is 4.74 Å². The van der Waals surface area contributed by atoms with Crippen molar-refractivity contribution in [2.75, 3.05) is 32.1 Å². The number of hydrogen-bond acceptors (Lipinski definition) is 5. The van der Waals surface area contributed by atoms with Crippen LogP contribution in [-0.4, -0.2) is 62.6 Å². The second-order valence-electron chi connectivity index (χ2n) is 7.75. The molecule has 0 saturated carbocycles. The molecule has 2 aliphatic rings. The van der Waals surface area contributed by atoms with Gasteiger partial charge in [0.1, 0.15) is 4.90 Å². The number of halogens is 3. The number of hydrogen-bond donors (Lipinski definition) is 3. The van der Waals surface area contributed by atoms with Crippen LogP contribution in [0.5, 0.6) is 5.75 Å². The number of carbonyl (C=O) groups excluding carboxylic acids is 2. The standard InChI is InChI=1S/C19H20F3N5O5S/c1-23-19(29)27-5-9-8-32-17-14(33(30,31)25-13(9)6-27)7-26(2)16(17)18(28)24-10-3-11(20)15(22)12(21)4-10/h3-4,7,9,13,25H,5-6,8H2,1-2H3,(H,23,29)(H,24,28)/t9-,13-/m1/s1. The van der Waals surface area contributed by atoms with E-state index in [1.807, 2.05) is 0 Å². The van der Waals surface area contributed by atoms with Gasteiger partial charge in [-0.05, 0) is 0 Å². The molecule has 1 saturated heterocycles. The Morgan fingerprint density at radius 2 is 1.85 bits per heavy atom. The zero-order chi connectivity index (χ0) is 24.1. The second kappa shape index (κ2) is 8.26. The minimum atomic E-state index is -4.14. The van der Waals surface area contributed by atoms with E-state index in [0.29, 0.717) is 12.1 Å². The molecule has 10 nitrogen and oxygen atoms in total. The summed E-state index contributed by atoms with van der Waals surface area (Å²) in [7, 11) is -1.28. The monoisotopic (exact) mass is 487 g/mol. The Hall–Kier alpha value is -3.26. The molecule has 2 atom stereocenters. The van der Waals surface area contributed by atoms with Crippen molar-refractivity contribution in [1.29, 1.82) is 0 Å². The number of benzene rings is 1. The van der Waals surface area contributed by atoms with E-state index < -0.39 is 39.4 Å². The predicted molar refractivity (Wildman–Crippen MR) is 109 cm³/mol. The lowest BCUT2D eigenvalue weighted by molar-refractivity contribution is 0.101. The summed E-state index contributed by atoms with van der Waals surface area (Å²) < 4.78 is 75.7. The summed E-state index contributed by atoms with van der Waals surface area (Å²) in [6.07, 6.45) is 1.17. The van der Waals surface area contributed by atoms with Gasteiger partial charge in [-0.2, -0.15) is 0 Å². The smallest absolute Gasteiger partial charge is 0.317 e. The minimum absolute atomic E-state index is 0.00220. The molecule has 3 amide bonds. The van der Waals surface area contributed by atoms with Crippen molar-refractivity contribution in [3.8, 4) is 5.75 Å². The summed E-state index contributed by atoms with van der Waals surface area (Å²) in [5, 5.41) is 4.70. The number of aryl methyl sites for hydroxylation is 1. The third-order valence-corrected chi connectivity index (χ3v) is 7.02. The first-order chi connectivity index (χ1) is 15.5. The molecule has 33 heavy (non-hydrogen) atoms. The number of likely N-dealkylation sites (tertiary alicyclic amines) is 1. The molecule has 2 aromatic rings. The average molecular weight is 487 g/mol. The van der Waals surface area contributed by atoms with Crippen molar-refractivity contribution >= 4 is 27.6 Å². The van der Waals surface area contributed by atoms with Crippen molar-refractivity contribution in [3.05, 3.63) is 41.5 Å². The number of urea groups is 1. The van der Waals surface area contributed by atoms with Crippen molar-refractivity contribution in [3.63, 3.8) is 0 Å². The Morgan fingerprint density at radius 1 is 1.18 bits per heavy atom. The van der Waals surface area contributed by atoms with Gasteiger partial charge in [-0.15, -0.1) is 0 Å². The zero-order valence-electron chi connectivity index (χ0n) is 17.5. The van der Waals surface area contributed by atoms with Gasteiger partial charge in [0.05, 0.1) is 6.61 Å². The molecule has 4 rings (SSSR count). The maximum Gasteiger partial charge on any atom is 0.317 e. The lowest BCUT2D eigenvalue weighted by Gasteiger charge is -2.23. The molecule has 0 bridgehead atoms. The molecule has 1 aromatic carbocycles. The van der Waals surface area contributed by atoms with E-state index in [2.05, 4.69) is 15.4 Å². The summed E-state index contributed by atoms with van der Waals surface area (Å²) in [5.74, 6) is -6.24. The molecule has 0 aliphatic carbocycles. The number of carbonyl (C=O) groups is 2. The van der Waals surface area contributed by atoms with E-state index in [1.54, 1.807) is 0 Å². The van der Waals surface area contributed by atoms with Gasteiger partial charge >= 0.3 is 6.03 Å². The Bertz CT molecular complexity index is 1230. The summed E-state index contributed by atoms with van der Waals surface area (Å²) in [4.78, 5) is 26.0. The van der Waals surface area contributed by atoms with Gasteiger partial charge in [-0.25, -0.2) is 31.1 Å². The third kappa shape index (κ3) is 4.11. The Morgan fingerprint density at radius 3 is 2.48 bits per heavy atom. The second-order valence-corrected chi connectivity index (χ2v) is 9.43. The van der Waals surface area contributed by atoms with E-state index in [1.165, 1.54) is 29.8 Å². The Labute approximate surface area is 186 Å². The van der Waals surface area contributed by atoms with E-state index in [9.17, 15) is 31.2 Å². The molecule has 3 N–H and O–H groups in total. The molecule has 1 aromatic heterocycles. The van der Waals surface area contributed by atoms with Crippen LogP contribution in [0.2, 0.25) is 0 Å². The highest BCUT2D eigenvalue weighted by atomic mass is 32.2. The molecule has 178 valence electrons. The largest absolute Gasteiger partial charge is 0.489 e. The number of ether oxygens (including phenoxy) is 1. The molecule has 0 radical (unpaired) electrons. The number of rotatable bonds is 2. The number of sulfonamides is 1. The van der Waals surface area contributed by atoms with E-state index in [0.717, 1.165) is 0 Å². The summed E-state index contributed by atoms with van der Waals surface area (Å²) in [6, 6.07) is 0.234. The number of nitrogens with one attached hydrogen (secondary N) is 3. The molecular weight excluding hydrogens is 467 g/mol. The Kier molecular flexibility index (Phi) is 5.74. The fourth-order valence-electron chi connectivity index (χ4n) is 3.94.